The van der Waals surface area contributed by atoms with Crippen molar-refractivity contribution in [3.8, 4) is 0 Å². The molecular weight excluding hydrogens is 354 g/mol. The van der Waals surface area contributed by atoms with Crippen molar-refractivity contribution in [2.45, 2.75) is 52.1 Å². The lowest BCUT2D eigenvalue weighted by Crippen LogP contribution is -2.33. The van der Waals surface area contributed by atoms with E-state index in [1.54, 1.807) is 0 Å². The summed E-state index contributed by atoms with van der Waals surface area (Å²) < 4.78 is 41.6. The molecule has 12 heteroatoms. The molecule has 1 radical (unpaired) electrons. The predicted molar refractivity (Wildman–Crippen MR) is 79.3 cm³/mol. The van der Waals surface area contributed by atoms with E-state index in [0.29, 0.717) is 0 Å². The molecule has 0 aliphatic carbocycles. The molecule has 0 aromatic heterocycles. The van der Waals surface area contributed by atoms with Crippen molar-refractivity contribution in [1.29, 1.82) is 0 Å². The van der Waals surface area contributed by atoms with Gasteiger partial charge in [0.15, 0.2) is 0 Å². The van der Waals surface area contributed by atoms with Crippen LogP contribution in [0.1, 0.15) is 27.7 Å². The molecule has 4 atom stereocenters. The molecule has 0 saturated heterocycles. The van der Waals surface area contributed by atoms with Crippen molar-refractivity contribution in [3.05, 3.63) is 6.42 Å². The summed E-state index contributed by atoms with van der Waals surface area (Å²) in [6.07, 6.45) is -3.55. The van der Waals surface area contributed by atoms with Gasteiger partial charge >= 0.3 is 15.6 Å². The fraction of sp³-hybridized carbons (Fsp3) is 0.818. The quantitative estimate of drug-likeness (QED) is 0.334. The normalized spacial score (nSPS) is 20.0. The van der Waals surface area contributed by atoms with Gasteiger partial charge in [0.05, 0.1) is 25.2 Å². The minimum Gasteiger partial charge on any atom is -0.388 e. The van der Waals surface area contributed by atoms with E-state index in [-0.39, 0.29) is 6.29 Å². The van der Waals surface area contributed by atoms with Gasteiger partial charge in [-0.05, 0) is 27.7 Å². The summed E-state index contributed by atoms with van der Waals surface area (Å²) in [5.74, 6) is 0. The molecule has 0 saturated carbocycles. The number of phosphoric acid groups is 2. The number of carbonyl (C=O) groups excluding carboxylic acids is 1. The van der Waals surface area contributed by atoms with Gasteiger partial charge < -0.3 is 19.7 Å². The van der Waals surface area contributed by atoms with E-state index in [4.69, 9.17) is 0 Å². The van der Waals surface area contributed by atoms with Crippen molar-refractivity contribution in [2.75, 3.05) is 6.61 Å². The second-order valence-corrected chi connectivity index (χ2v) is 7.77. The molecule has 0 aromatic rings. The minimum absolute atomic E-state index is 0.229. The van der Waals surface area contributed by atoms with Gasteiger partial charge in [-0.1, -0.05) is 0 Å². The third-order valence-corrected chi connectivity index (χ3v) is 4.36. The molecule has 0 amide bonds. The zero-order valence-electron chi connectivity index (χ0n) is 13.3. The summed E-state index contributed by atoms with van der Waals surface area (Å²) in [6.45, 7) is 5.18. The molecule has 0 fully saturated rings. The number of carbonyl (C=O) groups is 1. The van der Waals surface area contributed by atoms with Crippen LogP contribution < -0.4 is 0 Å². The van der Waals surface area contributed by atoms with Gasteiger partial charge in [-0.15, -0.1) is 0 Å². The lowest BCUT2D eigenvalue weighted by atomic mass is 10.2. The first kappa shape index (κ1) is 22.9. The number of hydrogen-bond acceptors (Lipinski definition) is 8. The average Bonchev–Trinajstić information content (AvgIpc) is 2.32. The monoisotopic (exact) mass is 377 g/mol. The Morgan fingerprint density at radius 3 is 1.87 bits per heavy atom. The van der Waals surface area contributed by atoms with Gasteiger partial charge in [0.2, 0.25) is 0 Å². The van der Waals surface area contributed by atoms with Crippen LogP contribution in [-0.2, 0) is 32.0 Å². The Hall–Kier alpha value is -0.150. The smallest absolute Gasteiger partial charge is 0.388 e. The highest BCUT2D eigenvalue weighted by Crippen LogP contribution is 2.47. The first-order chi connectivity index (χ1) is 10.4. The Bertz CT molecular complexity index is 452. The third kappa shape index (κ3) is 11.1. The van der Waals surface area contributed by atoms with Gasteiger partial charge in [-0.25, -0.2) is 9.13 Å². The molecule has 0 spiro atoms. The summed E-state index contributed by atoms with van der Waals surface area (Å²) in [5.41, 5.74) is 0. The Balaban J connectivity index is 4.74. The maximum atomic E-state index is 11.7. The van der Waals surface area contributed by atoms with Crippen LogP contribution in [0, 0.1) is 6.42 Å². The molecule has 0 bridgehead atoms. The van der Waals surface area contributed by atoms with E-state index < -0.39 is 46.7 Å². The van der Waals surface area contributed by atoms with E-state index in [1.807, 2.05) is 0 Å². The molecule has 0 aliphatic rings. The van der Waals surface area contributed by atoms with Gasteiger partial charge in [0, 0.05) is 0 Å². The van der Waals surface area contributed by atoms with E-state index >= 15 is 0 Å². The van der Waals surface area contributed by atoms with Crippen LogP contribution in [0.5, 0.6) is 0 Å². The first-order valence-electron chi connectivity index (χ1n) is 6.70. The number of rotatable bonds is 12. The number of hydrogen-bond donors (Lipinski definition) is 3. The third-order valence-electron chi connectivity index (χ3n) is 2.00. The van der Waals surface area contributed by atoms with Crippen LogP contribution in [0.3, 0.4) is 0 Å². The van der Waals surface area contributed by atoms with Crippen LogP contribution in [-0.4, -0.2) is 52.2 Å². The van der Waals surface area contributed by atoms with Gasteiger partial charge in [-0.2, -0.15) is 0 Å². The van der Waals surface area contributed by atoms with Gasteiger partial charge in [-0.3, -0.25) is 18.1 Å². The lowest BCUT2D eigenvalue weighted by Gasteiger charge is -2.24. The van der Waals surface area contributed by atoms with E-state index in [9.17, 15) is 28.8 Å². The second kappa shape index (κ2) is 9.98. The number of aliphatic hydroxyl groups excluding tert-OH is 1. The van der Waals surface area contributed by atoms with E-state index in [1.165, 1.54) is 27.7 Å². The Morgan fingerprint density at radius 1 is 0.957 bits per heavy atom. The Kier molecular flexibility index (Phi) is 9.92. The second-order valence-electron chi connectivity index (χ2n) is 5.01. The molecule has 23 heavy (non-hydrogen) atoms. The fourth-order valence-corrected chi connectivity index (χ4v) is 3.35. The standard InChI is InChI=1S/C11H23O10P2/c1-8(2)19-22(14,15)18-7-10(13)11(5-6-12)21-23(16,17)20-9(3)4/h5-6,8-11,13H,7H2,1-4H3,(H,14,15)(H,16,17)/t10-,11-/m1/s1. The SMILES string of the molecule is CC(C)OP(=O)(O)OC[C@@H](O)[C@@H]([CH]C=O)OP(=O)(O)OC(C)C. The predicted octanol–water partition coefficient (Wildman–Crippen LogP) is 1.20. The number of aliphatic hydroxyl groups is 1. The number of aldehydes is 1. The summed E-state index contributed by atoms with van der Waals surface area (Å²) in [6, 6.07) is 0. The summed E-state index contributed by atoms with van der Waals surface area (Å²) in [5, 5.41) is 9.82. The maximum Gasteiger partial charge on any atom is 0.472 e. The Morgan fingerprint density at radius 2 is 1.43 bits per heavy atom. The highest BCUT2D eigenvalue weighted by atomic mass is 31.2. The zero-order chi connectivity index (χ0) is 18.3. The molecule has 3 N–H and O–H groups in total. The van der Waals surface area contributed by atoms with E-state index in [2.05, 4.69) is 18.1 Å². The first-order valence-corrected chi connectivity index (χ1v) is 9.69. The molecule has 0 rings (SSSR count). The largest absolute Gasteiger partial charge is 0.472 e. The van der Waals surface area contributed by atoms with Crippen molar-refractivity contribution in [1.82, 2.24) is 0 Å². The highest BCUT2D eigenvalue weighted by Gasteiger charge is 2.34. The summed E-state index contributed by atoms with van der Waals surface area (Å²) in [4.78, 5) is 29.4. The molecule has 0 heterocycles. The molecule has 0 aromatic carbocycles. The highest BCUT2D eigenvalue weighted by molar-refractivity contribution is 7.47. The van der Waals surface area contributed by atoms with Crippen LogP contribution in [0.25, 0.3) is 0 Å². The molecule has 0 aliphatic heterocycles. The van der Waals surface area contributed by atoms with Crippen molar-refractivity contribution in [3.63, 3.8) is 0 Å². The van der Waals surface area contributed by atoms with Crippen molar-refractivity contribution < 1.29 is 46.9 Å². The van der Waals surface area contributed by atoms with Crippen LogP contribution in [0.2, 0.25) is 0 Å². The summed E-state index contributed by atoms with van der Waals surface area (Å²) >= 11 is 0. The zero-order valence-corrected chi connectivity index (χ0v) is 15.1. The minimum atomic E-state index is -4.54. The molecule has 137 valence electrons. The van der Waals surface area contributed by atoms with E-state index in [0.717, 1.165) is 6.42 Å². The fourth-order valence-electron chi connectivity index (χ4n) is 1.32. The van der Waals surface area contributed by atoms with Gasteiger partial charge in [0.1, 0.15) is 18.5 Å². The molecule has 10 nitrogen and oxygen atoms in total. The van der Waals surface area contributed by atoms with Crippen LogP contribution in [0.4, 0.5) is 0 Å². The summed E-state index contributed by atoms with van der Waals surface area (Å²) in [7, 11) is -8.96. The van der Waals surface area contributed by atoms with Gasteiger partial charge in [0.25, 0.3) is 0 Å². The Labute approximate surface area is 134 Å². The number of phosphoric ester groups is 2. The van der Waals surface area contributed by atoms with Crippen molar-refractivity contribution in [2.24, 2.45) is 0 Å². The average molecular weight is 377 g/mol. The topological polar surface area (TPSA) is 149 Å². The lowest BCUT2D eigenvalue weighted by molar-refractivity contribution is -0.107. The molecular formula is C11H23O10P2. The van der Waals surface area contributed by atoms with Crippen LogP contribution in [0.15, 0.2) is 0 Å². The van der Waals surface area contributed by atoms with Crippen LogP contribution >= 0.6 is 15.6 Å². The van der Waals surface area contributed by atoms with Crippen molar-refractivity contribution >= 4 is 21.9 Å². The maximum absolute atomic E-state index is 11.7. The molecule has 2 unspecified atom stereocenters.